The zero-order valence-electron chi connectivity index (χ0n) is 15.6. The molecule has 0 aliphatic heterocycles. The van der Waals surface area contributed by atoms with Crippen LogP contribution in [-0.4, -0.2) is 23.5 Å². The quantitative estimate of drug-likeness (QED) is 0.639. The fourth-order valence-electron chi connectivity index (χ4n) is 4.10. The molecule has 0 spiro atoms. The molecule has 0 saturated heterocycles. The SMILES string of the molecule is CCOC(=O)C[C@@H]1CCC[C@H]1N(Cc1ccccc1)Cc1ccccc1. The van der Waals surface area contributed by atoms with E-state index in [-0.39, 0.29) is 5.97 Å². The molecule has 26 heavy (non-hydrogen) atoms. The highest BCUT2D eigenvalue weighted by Crippen LogP contribution is 2.34. The van der Waals surface area contributed by atoms with Gasteiger partial charge in [-0.3, -0.25) is 9.69 Å². The van der Waals surface area contributed by atoms with Crippen molar-refractivity contribution in [3.8, 4) is 0 Å². The maximum atomic E-state index is 12.0. The third-order valence-corrected chi connectivity index (χ3v) is 5.28. The van der Waals surface area contributed by atoms with Crippen molar-refractivity contribution in [3.05, 3.63) is 71.8 Å². The molecule has 3 rings (SSSR count). The number of hydrogen-bond acceptors (Lipinski definition) is 3. The van der Waals surface area contributed by atoms with Gasteiger partial charge < -0.3 is 4.74 Å². The van der Waals surface area contributed by atoms with Gasteiger partial charge in [0.1, 0.15) is 0 Å². The van der Waals surface area contributed by atoms with Crippen molar-refractivity contribution in [1.29, 1.82) is 0 Å². The van der Waals surface area contributed by atoms with Crippen molar-refractivity contribution < 1.29 is 9.53 Å². The Hall–Kier alpha value is -2.13. The number of esters is 1. The predicted octanol–water partition coefficient (Wildman–Crippen LogP) is 4.81. The first-order chi connectivity index (χ1) is 12.8. The smallest absolute Gasteiger partial charge is 0.306 e. The standard InChI is InChI=1S/C23H29NO2/c1-2-26-23(25)16-21-14-9-15-22(21)24(17-19-10-5-3-6-11-19)18-20-12-7-4-8-13-20/h3-8,10-13,21-22H,2,9,14-18H2,1H3/t21-,22+/m0/s1. The fourth-order valence-corrected chi connectivity index (χ4v) is 4.10. The zero-order valence-corrected chi connectivity index (χ0v) is 15.6. The van der Waals surface area contributed by atoms with Gasteiger partial charge in [0.15, 0.2) is 0 Å². The third kappa shape index (κ3) is 5.18. The molecule has 0 aromatic heterocycles. The van der Waals surface area contributed by atoms with Crippen LogP contribution in [0.25, 0.3) is 0 Å². The van der Waals surface area contributed by atoms with E-state index < -0.39 is 0 Å². The van der Waals surface area contributed by atoms with Gasteiger partial charge >= 0.3 is 5.97 Å². The lowest BCUT2D eigenvalue weighted by Crippen LogP contribution is -2.38. The van der Waals surface area contributed by atoms with E-state index in [1.165, 1.54) is 17.5 Å². The normalized spacial score (nSPS) is 19.6. The van der Waals surface area contributed by atoms with Gasteiger partial charge in [-0.25, -0.2) is 0 Å². The lowest BCUT2D eigenvalue weighted by Gasteiger charge is -2.33. The van der Waals surface area contributed by atoms with Gasteiger partial charge in [-0.1, -0.05) is 67.1 Å². The number of benzene rings is 2. The monoisotopic (exact) mass is 351 g/mol. The predicted molar refractivity (Wildman–Crippen MR) is 105 cm³/mol. The summed E-state index contributed by atoms with van der Waals surface area (Å²) in [7, 11) is 0. The van der Waals surface area contributed by atoms with Crippen molar-refractivity contribution >= 4 is 5.97 Å². The first-order valence-electron chi connectivity index (χ1n) is 9.73. The molecule has 3 heteroatoms. The molecule has 0 heterocycles. The first kappa shape index (κ1) is 18.7. The molecular weight excluding hydrogens is 322 g/mol. The molecular formula is C23H29NO2. The maximum absolute atomic E-state index is 12.0. The van der Waals surface area contributed by atoms with E-state index in [0.29, 0.717) is 25.0 Å². The van der Waals surface area contributed by atoms with Crippen molar-refractivity contribution in [1.82, 2.24) is 4.90 Å². The number of rotatable bonds is 8. The van der Waals surface area contributed by atoms with E-state index in [1.54, 1.807) is 0 Å². The largest absolute Gasteiger partial charge is 0.466 e. The number of ether oxygens (including phenoxy) is 1. The van der Waals surface area contributed by atoms with Crippen LogP contribution in [0.1, 0.15) is 43.7 Å². The summed E-state index contributed by atoms with van der Waals surface area (Å²) in [6.07, 6.45) is 4.00. The van der Waals surface area contributed by atoms with Crippen LogP contribution in [0.2, 0.25) is 0 Å². The molecule has 0 radical (unpaired) electrons. The van der Waals surface area contributed by atoms with Gasteiger partial charge in [0.2, 0.25) is 0 Å². The van der Waals surface area contributed by atoms with Crippen LogP contribution in [-0.2, 0) is 22.6 Å². The molecule has 0 N–H and O–H groups in total. The Bertz CT molecular complexity index is 630. The molecule has 0 amide bonds. The van der Waals surface area contributed by atoms with Crippen molar-refractivity contribution in [2.24, 2.45) is 5.92 Å². The van der Waals surface area contributed by atoms with Crippen LogP contribution in [0.3, 0.4) is 0 Å². The number of carbonyl (C=O) groups is 1. The summed E-state index contributed by atoms with van der Waals surface area (Å²) in [5.74, 6) is 0.338. The fraction of sp³-hybridized carbons (Fsp3) is 0.435. The molecule has 1 saturated carbocycles. The maximum Gasteiger partial charge on any atom is 0.306 e. The molecule has 0 bridgehead atoms. The molecule has 2 atom stereocenters. The van der Waals surface area contributed by atoms with Crippen molar-refractivity contribution in [2.75, 3.05) is 6.61 Å². The molecule has 1 aliphatic carbocycles. The first-order valence-corrected chi connectivity index (χ1v) is 9.73. The molecule has 3 nitrogen and oxygen atoms in total. The van der Waals surface area contributed by atoms with E-state index in [0.717, 1.165) is 25.9 Å². The Morgan fingerprint density at radius 1 is 0.962 bits per heavy atom. The lowest BCUT2D eigenvalue weighted by atomic mass is 9.97. The van der Waals surface area contributed by atoms with Gasteiger partial charge in [0.25, 0.3) is 0 Å². The summed E-state index contributed by atoms with van der Waals surface area (Å²) in [4.78, 5) is 14.6. The molecule has 2 aromatic carbocycles. The second-order valence-corrected chi connectivity index (χ2v) is 7.14. The summed E-state index contributed by atoms with van der Waals surface area (Å²) in [6, 6.07) is 21.7. The Morgan fingerprint density at radius 2 is 1.54 bits per heavy atom. The van der Waals surface area contributed by atoms with Gasteiger partial charge in [-0.05, 0) is 36.8 Å². The second-order valence-electron chi connectivity index (χ2n) is 7.14. The Labute approximate surface area is 157 Å². The van der Waals surface area contributed by atoms with E-state index in [4.69, 9.17) is 4.74 Å². The van der Waals surface area contributed by atoms with Crippen molar-refractivity contribution in [2.45, 2.75) is 51.7 Å². The third-order valence-electron chi connectivity index (χ3n) is 5.28. The molecule has 2 aromatic rings. The highest BCUT2D eigenvalue weighted by atomic mass is 16.5. The van der Waals surface area contributed by atoms with Gasteiger partial charge in [-0.2, -0.15) is 0 Å². The average molecular weight is 351 g/mol. The minimum Gasteiger partial charge on any atom is -0.466 e. The summed E-state index contributed by atoms with van der Waals surface area (Å²) < 4.78 is 5.21. The summed E-state index contributed by atoms with van der Waals surface area (Å²) in [5, 5.41) is 0. The van der Waals surface area contributed by atoms with E-state index in [1.807, 2.05) is 6.92 Å². The van der Waals surface area contributed by atoms with Gasteiger partial charge in [-0.15, -0.1) is 0 Å². The van der Waals surface area contributed by atoms with E-state index >= 15 is 0 Å². The van der Waals surface area contributed by atoms with Crippen LogP contribution in [0.4, 0.5) is 0 Å². The molecule has 138 valence electrons. The molecule has 1 aliphatic rings. The summed E-state index contributed by atoms with van der Waals surface area (Å²) in [5.41, 5.74) is 2.65. The zero-order chi connectivity index (χ0) is 18.2. The number of nitrogens with zero attached hydrogens (tertiary/aromatic N) is 1. The topological polar surface area (TPSA) is 29.5 Å². The Kier molecular flexibility index (Phi) is 6.84. The molecule has 1 fully saturated rings. The van der Waals surface area contributed by atoms with Crippen molar-refractivity contribution in [3.63, 3.8) is 0 Å². The number of hydrogen-bond donors (Lipinski definition) is 0. The lowest BCUT2D eigenvalue weighted by molar-refractivity contribution is -0.144. The minimum absolute atomic E-state index is 0.0521. The average Bonchev–Trinajstić information content (AvgIpc) is 3.11. The summed E-state index contributed by atoms with van der Waals surface area (Å²) >= 11 is 0. The van der Waals surface area contributed by atoms with Crippen LogP contribution in [0.15, 0.2) is 60.7 Å². The van der Waals surface area contributed by atoms with Crippen LogP contribution < -0.4 is 0 Å². The molecule has 0 unspecified atom stereocenters. The Morgan fingerprint density at radius 3 is 2.08 bits per heavy atom. The van der Waals surface area contributed by atoms with Crippen LogP contribution in [0, 0.1) is 5.92 Å². The number of carbonyl (C=O) groups excluding carboxylic acids is 1. The van der Waals surface area contributed by atoms with E-state index in [2.05, 4.69) is 65.6 Å². The Balaban J connectivity index is 1.75. The van der Waals surface area contributed by atoms with Gasteiger partial charge in [0.05, 0.1) is 6.61 Å². The minimum atomic E-state index is -0.0521. The second kappa shape index (κ2) is 9.54. The highest BCUT2D eigenvalue weighted by molar-refractivity contribution is 5.69. The van der Waals surface area contributed by atoms with E-state index in [9.17, 15) is 4.79 Å². The highest BCUT2D eigenvalue weighted by Gasteiger charge is 2.33. The summed E-state index contributed by atoms with van der Waals surface area (Å²) in [6.45, 7) is 4.18. The van der Waals surface area contributed by atoms with Crippen LogP contribution >= 0.6 is 0 Å². The van der Waals surface area contributed by atoms with Gasteiger partial charge in [0, 0.05) is 25.6 Å². The van der Waals surface area contributed by atoms with Crippen LogP contribution in [0.5, 0.6) is 0 Å².